The molecule has 0 bridgehead atoms. The van der Waals surface area contributed by atoms with Gasteiger partial charge in [-0.05, 0) is 37.5 Å². The fraction of sp³-hybridized carbons (Fsp3) is 0.406. The van der Waals surface area contributed by atoms with Crippen LogP contribution in [0.15, 0.2) is 72.8 Å². The Labute approximate surface area is 239 Å². The molecular formula is C32H35N3O4S. The zero-order chi connectivity index (χ0) is 28.4. The summed E-state index contributed by atoms with van der Waals surface area (Å²) in [6.45, 7) is 6.50. The highest BCUT2D eigenvalue weighted by Crippen LogP contribution is 2.66. The minimum atomic E-state index is -0.973. The SMILES string of the molecule is Cc1cccc(C)c1N1CC=C[C@]23S[C@]4(C)C=CCN(C)C(=O)[C@@H]4[C@H]2C(=O)N([C@H](CO)c2ccccc2)C3C1=O. The molecule has 0 radical (unpaired) electrons. The van der Waals surface area contributed by atoms with Crippen molar-refractivity contribution in [1.29, 1.82) is 0 Å². The number of thioether (sulfide) groups is 1. The number of fused-ring (bicyclic) bond motifs is 2. The largest absolute Gasteiger partial charge is 0.394 e. The van der Waals surface area contributed by atoms with Crippen LogP contribution < -0.4 is 4.90 Å². The smallest absolute Gasteiger partial charge is 0.251 e. The average Bonchev–Trinajstić information content (AvgIpc) is 3.21. The first-order valence-corrected chi connectivity index (χ1v) is 14.6. The number of likely N-dealkylation sites (N-methyl/N-ethyl adjacent to an activating group) is 1. The lowest BCUT2D eigenvalue weighted by Crippen LogP contribution is -2.55. The van der Waals surface area contributed by atoms with Crippen molar-refractivity contribution in [2.24, 2.45) is 11.8 Å². The van der Waals surface area contributed by atoms with Gasteiger partial charge in [-0.2, -0.15) is 0 Å². The molecule has 4 aliphatic rings. The van der Waals surface area contributed by atoms with E-state index < -0.39 is 33.4 Å². The molecule has 2 aromatic rings. The van der Waals surface area contributed by atoms with Gasteiger partial charge in [0.2, 0.25) is 11.8 Å². The average molecular weight is 558 g/mol. The van der Waals surface area contributed by atoms with Crippen LogP contribution in [0.2, 0.25) is 0 Å². The third kappa shape index (κ3) is 3.72. The molecule has 40 heavy (non-hydrogen) atoms. The Bertz CT molecular complexity index is 1420. The second kappa shape index (κ2) is 9.63. The maximum absolute atomic E-state index is 14.9. The molecule has 2 saturated heterocycles. The molecular weight excluding hydrogens is 522 g/mol. The van der Waals surface area contributed by atoms with Crippen molar-refractivity contribution in [2.75, 3.05) is 31.6 Å². The lowest BCUT2D eigenvalue weighted by Gasteiger charge is -2.40. The van der Waals surface area contributed by atoms with E-state index in [2.05, 4.69) is 6.08 Å². The normalized spacial score (nSPS) is 32.1. The predicted octanol–water partition coefficient (Wildman–Crippen LogP) is 3.66. The number of carbonyl (C=O) groups excluding carboxylic acids is 3. The van der Waals surface area contributed by atoms with Gasteiger partial charge in [0.25, 0.3) is 5.91 Å². The quantitative estimate of drug-likeness (QED) is 0.581. The lowest BCUT2D eigenvalue weighted by molar-refractivity contribution is -0.145. The van der Waals surface area contributed by atoms with Crippen molar-refractivity contribution >= 4 is 35.2 Å². The minimum Gasteiger partial charge on any atom is -0.394 e. The molecule has 4 aliphatic heterocycles. The fourth-order valence-corrected chi connectivity index (χ4v) is 9.52. The number of likely N-dealkylation sites (tertiary alicyclic amines) is 1. The standard InChI is InChI=1S/C32H35N3O4S/c1-20-11-8-12-21(2)26(20)34-18-10-16-32-25(24-28(37)33(4)17-9-15-31(24,3)40-32)29(38)35(27(32)30(34)39)23(19-36)22-13-6-5-7-14-22/h5-16,23-25,27,36H,17-19H2,1-4H3/t23-,24+,25+,27?,31-,32+/m1/s1. The van der Waals surface area contributed by atoms with Gasteiger partial charge in [0.05, 0.1) is 29.2 Å². The van der Waals surface area contributed by atoms with E-state index in [4.69, 9.17) is 0 Å². The Morgan fingerprint density at radius 1 is 0.900 bits per heavy atom. The fourth-order valence-electron chi connectivity index (χ4n) is 7.38. The monoisotopic (exact) mass is 557 g/mol. The van der Waals surface area contributed by atoms with E-state index in [1.54, 1.807) is 33.5 Å². The summed E-state index contributed by atoms with van der Waals surface area (Å²) in [7, 11) is 1.76. The first-order chi connectivity index (χ1) is 19.1. The van der Waals surface area contributed by atoms with Gasteiger partial charge in [0.1, 0.15) is 6.04 Å². The molecule has 7 nitrogen and oxygen atoms in total. The number of amides is 3. The van der Waals surface area contributed by atoms with Crippen LogP contribution in [0.4, 0.5) is 5.69 Å². The molecule has 4 heterocycles. The molecule has 1 spiro atoms. The van der Waals surface area contributed by atoms with Gasteiger partial charge in [-0.15, -0.1) is 11.8 Å². The van der Waals surface area contributed by atoms with Crippen LogP contribution in [0, 0.1) is 25.7 Å². The number of hydrogen-bond acceptors (Lipinski definition) is 5. The van der Waals surface area contributed by atoms with Crippen LogP contribution in [0.1, 0.15) is 29.7 Å². The van der Waals surface area contributed by atoms with Crippen molar-refractivity contribution in [1.82, 2.24) is 9.80 Å². The van der Waals surface area contributed by atoms with Crippen LogP contribution in [0.3, 0.4) is 0 Å². The van der Waals surface area contributed by atoms with Crippen molar-refractivity contribution in [3.63, 3.8) is 0 Å². The van der Waals surface area contributed by atoms with Crippen LogP contribution in [-0.4, -0.2) is 74.9 Å². The highest BCUT2D eigenvalue weighted by Gasteiger charge is 2.74. The van der Waals surface area contributed by atoms with E-state index >= 15 is 0 Å². The van der Waals surface area contributed by atoms with Gasteiger partial charge in [-0.1, -0.05) is 72.8 Å². The third-order valence-corrected chi connectivity index (χ3v) is 10.9. The van der Waals surface area contributed by atoms with E-state index in [0.29, 0.717) is 13.1 Å². The Morgan fingerprint density at radius 3 is 2.25 bits per heavy atom. The summed E-state index contributed by atoms with van der Waals surface area (Å²) in [6.07, 6.45) is 8.06. The number of aliphatic hydroxyl groups is 1. The molecule has 8 heteroatoms. The van der Waals surface area contributed by atoms with E-state index in [0.717, 1.165) is 22.4 Å². The predicted molar refractivity (Wildman–Crippen MR) is 157 cm³/mol. The van der Waals surface area contributed by atoms with Gasteiger partial charge < -0.3 is 19.8 Å². The summed E-state index contributed by atoms with van der Waals surface area (Å²) in [5, 5.41) is 10.7. The number of hydrogen-bond donors (Lipinski definition) is 1. The first-order valence-electron chi connectivity index (χ1n) is 13.8. The molecule has 6 atom stereocenters. The number of nitrogens with zero attached hydrogens (tertiary/aromatic N) is 3. The van der Waals surface area contributed by atoms with E-state index in [-0.39, 0.29) is 24.3 Å². The van der Waals surface area contributed by atoms with Crippen LogP contribution in [0.25, 0.3) is 0 Å². The van der Waals surface area contributed by atoms with Gasteiger partial charge in [-0.3, -0.25) is 14.4 Å². The summed E-state index contributed by atoms with van der Waals surface area (Å²) < 4.78 is -1.63. The van der Waals surface area contributed by atoms with Gasteiger partial charge in [0.15, 0.2) is 0 Å². The number of aryl methyl sites for hydroxylation is 2. The number of rotatable bonds is 4. The second-order valence-electron chi connectivity index (χ2n) is 11.6. The van der Waals surface area contributed by atoms with E-state index in [1.165, 1.54) is 0 Å². The van der Waals surface area contributed by atoms with E-state index in [1.807, 2.05) is 87.5 Å². The Hall–Kier alpha value is -3.36. The highest BCUT2D eigenvalue weighted by molar-refractivity contribution is 8.02. The number of carbonyl (C=O) groups is 3. The first kappa shape index (κ1) is 26.8. The summed E-state index contributed by atoms with van der Waals surface area (Å²) in [4.78, 5) is 48.5. The number of benzene rings is 2. The maximum atomic E-state index is 14.9. The molecule has 6 rings (SSSR count). The molecule has 0 aromatic heterocycles. The number of aliphatic hydroxyl groups excluding tert-OH is 1. The van der Waals surface area contributed by atoms with Crippen molar-refractivity contribution in [2.45, 2.75) is 42.3 Å². The summed E-state index contributed by atoms with van der Waals surface area (Å²) in [6, 6.07) is 13.7. The zero-order valence-electron chi connectivity index (χ0n) is 23.3. The van der Waals surface area contributed by atoms with Crippen LogP contribution >= 0.6 is 11.8 Å². The van der Waals surface area contributed by atoms with Crippen molar-refractivity contribution < 1.29 is 19.5 Å². The Morgan fingerprint density at radius 2 is 1.57 bits per heavy atom. The summed E-state index contributed by atoms with van der Waals surface area (Å²) >= 11 is 1.56. The molecule has 0 aliphatic carbocycles. The zero-order valence-corrected chi connectivity index (χ0v) is 24.1. The van der Waals surface area contributed by atoms with Crippen molar-refractivity contribution in [3.05, 3.63) is 89.5 Å². The highest BCUT2D eigenvalue weighted by atomic mass is 32.2. The molecule has 3 amide bonds. The van der Waals surface area contributed by atoms with Crippen LogP contribution in [0.5, 0.6) is 0 Å². The van der Waals surface area contributed by atoms with Gasteiger partial charge >= 0.3 is 0 Å². The maximum Gasteiger partial charge on any atom is 0.251 e. The Balaban J connectivity index is 1.57. The lowest BCUT2D eigenvalue weighted by atomic mass is 9.74. The van der Waals surface area contributed by atoms with Crippen LogP contribution in [-0.2, 0) is 14.4 Å². The third-order valence-electron chi connectivity index (χ3n) is 9.10. The summed E-state index contributed by atoms with van der Waals surface area (Å²) in [5.41, 5.74) is 3.54. The number of anilines is 1. The molecule has 1 unspecified atom stereocenters. The minimum absolute atomic E-state index is 0.0900. The van der Waals surface area contributed by atoms with Crippen molar-refractivity contribution in [3.8, 4) is 0 Å². The van der Waals surface area contributed by atoms with E-state index in [9.17, 15) is 19.5 Å². The topological polar surface area (TPSA) is 81.2 Å². The molecule has 2 aromatic carbocycles. The number of para-hydroxylation sites is 1. The molecule has 0 saturated carbocycles. The second-order valence-corrected chi connectivity index (χ2v) is 13.4. The summed E-state index contributed by atoms with van der Waals surface area (Å²) in [5.74, 6) is -1.92. The van der Waals surface area contributed by atoms with Gasteiger partial charge in [-0.25, -0.2) is 0 Å². The molecule has 208 valence electrons. The van der Waals surface area contributed by atoms with Gasteiger partial charge in [0, 0.05) is 30.6 Å². The molecule has 1 N–H and O–H groups in total. The molecule has 2 fully saturated rings. The Kier molecular flexibility index (Phi) is 6.46.